The molecule has 0 aromatic heterocycles. The third kappa shape index (κ3) is 4.54. The first-order chi connectivity index (χ1) is 14.4. The minimum absolute atomic E-state index is 0.417. The molecule has 0 amide bonds. The average Bonchev–Trinajstić information content (AvgIpc) is 3.09. The van der Waals surface area contributed by atoms with Crippen molar-refractivity contribution in [3.8, 4) is 11.1 Å². The molecule has 0 saturated carbocycles. The molecule has 1 unspecified atom stereocenters. The molecule has 2 nitrogen and oxygen atoms in total. The van der Waals surface area contributed by atoms with E-state index in [1.54, 1.807) is 0 Å². The smallest absolute Gasteiger partial charge is 0.101 e. The molecule has 1 atom stereocenters. The van der Waals surface area contributed by atoms with Gasteiger partial charge in [-0.25, -0.2) is 0 Å². The number of hydrogen-bond donors (Lipinski definition) is 0. The Morgan fingerprint density at radius 2 is 1.31 bits per heavy atom. The van der Waals surface area contributed by atoms with Crippen molar-refractivity contribution in [2.75, 3.05) is 0 Å². The maximum absolute atomic E-state index is 4.70. The first kappa shape index (κ1) is 19.3. The predicted molar refractivity (Wildman–Crippen MR) is 124 cm³/mol. The fourth-order valence-electron chi connectivity index (χ4n) is 4.09. The fraction of sp³-hybridized carbons (Fsp3) is 0.259. The summed E-state index contributed by atoms with van der Waals surface area (Å²) in [5, 5.41) is 9.29. The van der Waals surface area contributed by atoms with E-state index in [-0.39, 0.29) is 0 Å². The van der Waals surface area contributed by atoms with Crippen LogP contribution < -0.4 is 0 Å². The summed E-state index contributed by atoms with van der Waals surface area (Å²) in [6.45, 7) is 2.25. The van der Waals surface area contributed by atoms with Crippen LogP contribution in [0.15, 0.2) is 89.1 Å². The Balaban J connectivity index is 1.58. The minimum Gasteiger partial charge on any atom is -0.163 e. The van der Waals surface area contributed by atoms with E-state index in [1.807, 2.05) is 0 Å². The van der Waals surface area contributed by atoms with Gasteiger partial charge in [0, 0.05) is 23.3 Å². The highest BCUT2D eigenvalue weighted by Crippen LogP contribution is 2.36. The van der Waals surface area contributed by atoms with E-state index < -0.39 is 0 Å². The summed E-state index contributed by atoms with van der Waals surface area (Å²) in [6, 6.07) is 27.7. The minimum atomic E-state index is 0.417. The zero-order chi connectivity index (χ0) is 19.9. The van der Waals surface area contributed by atoms with Crippen LogP contribution in [-0.2, 0) is 6.42 Å². The summed E-state index contributed by atoms with van der Waals surface area (Å²) >= 11 is 0. The van der Waals surface area contributed by atoms with E-state index in [4.69, 9.17) is 5.10 Å². The summed E-state index contributed by atoms with van der Waals surface area (Å²) in [4.78, 5) is 0. The lowest BCUT2D eigenvalue weighted by Crippen LogP contribution is -2.07. The van der Waals surface area contributed by atoms with Crippen LogP contribution in [0.4, 0.5) is 0 Å². The van der Waals surface area contributed by atoms with Gasteiger partial charge in [0.05, 0.1) is 0 Å². The molecule has 0 N–H and O–H groups in total. The molecule has 0 bridgehead atoms. The molecule has 3 aromatic rings. The van der Waals surface area contributed by atoms with E-state index in [0.29, 0.717) is 5.92 Å². The van der Waals surface area contributed by atoms with Crippen LogP contribution >= 0.6 is 0 Å². The van der Waals surface area contributed by atoms with Crippen LogP contribution in [0.5, 0.6) is 0 Å². The maximum atomic E-state index is 4.70. The number of nitrogens with zero attached hydrogens (tertiary/aromatic N) is 2. The van der Waals surface area contributed by atoms with Gasteiger partial charge >= 0.3 is 0 Å². The second-order valence-electron chi connectivity index (χ2n) is 7.75. The van der Waals surface area contributed by atoms with E-state index in [0.717, 1.165) is 18.6 Å². The fourth-order valence-corrected chi connectivity index (χ4v) is 4.09. The van der Waals surface area contributed by atoms with Crippen molar-refractivity contribution in [1.82, 2.24) is 0 Å². The quantitative estimate of drug-likeness (QED) is 0.180. The Hall–Kier alpha value is -3.00. The van der Waals surface area contributed by atoms with Crippen molar-refractivity contribution in [2.45, 2.75) is 39.0 Å². The average molecular weight is 381 g/mol. The molecule has 0 heterocycles. The molecule has 146 valence electrons. The number of benzene rings is 3. The summed E-state index contributed by atoms with van der Waals surface area (Å²) in [6.07, 6.45) is 8.00. The van der Waals surface area contributed by atoms with Gasteiger partial charge in [0.1, 0.15) is 5.71 Å². The van der Waals surface area contributed by atoms with E-state index in [2.05, 4.69) is 97.1 Å². The van der Waals surface area contributed by atoms with Gasteiger partial charge in [0.15, 0.2) is 0 Å². The molecule has 0 spiro atoms. The van der Waals surface area contributed by atoms with Crippen LogP contribution in [0.25, 0.3) is 11.1 Å². The van der Waals surface area contributed by atoms with Crippen molar-refractivity contribution < 1.29 is 0 Å². The second-order valence-corrected chi connectivity index (χ2v) is 7.75. The van der Waals surface area contributed by atoms with Crippen molar-refractivity contribution >= 4 is 11.9 Å². The number of unbranched alkanes of at least 4 members (excludes halogenated alkanes) is 2. The molecule has 1 aliphatic carbocycles. The highest BCUT2D eigenvalue weighted by molar-refractivity contribution is 6.24. The molecular weight excluding hydrogens is 352 g/mol. The molecule has 2 heteroatoms. The lowest BCUT2D eigenvalue weighted by atomic mass is 9.95. The van der Waals surface area contributed by atoms with Crippen LogP contribution in [0.2, 0.25) is 0 Å². The topological polar surface area (TPSA) is 24.7 Å². The van der Waals surface area contributed by atoms with Crippen molar-refractivity contribution in [3.05, 3.63) is 95.6 Å². The maximum Gasteiger partial charge on any atom is 0.101 e. The Labute approximate surface area is 174 Å². The van der Waals surface area contributed by atoms with Gasteiger partial charge in [-0.1, -0.05) is 105 Å². The Morgan fingerprint density at radius 3 is 1.93 bits per heavy atom. The Morgan fingerprint density at radius 1 is 0.724 bits per heavy atom. The normalized spacial score (nSPS) is 13.3. The third-order valence-corrected chi connectivity index (χ3v) is 5.61. The lowest BCUT2D eigenvalue weighted by molar-refractivity contribution is 0.568. The van der Waals surface area contributed by atoms with Crippen LogP contribution in [0.1, 0.15) is 49.3 Å². The molecule has 1 aliphatic rings. The molecule has 0 fully saturated rings. The lowest BCUT2D eigenvalue weighted by Gasteiger charge is -2.11. The molecule has 29 heavy (non-hydrogen) atoms. The van der Waals surface area contributed by atoms with Gasteiger partial charge in [-0.05, 0) is 29.5 Å². The van der Waals surface area contributed by atoms with E-state index in [9.17, 15) is 0 Å². The highest BCUT2D eigenvalue weighted by atomic mass is 15.2. The van der Waals surface area contributed by atoms with Gasteiger partial charge in [-0.2, -0.15) is 10.2 Å². The largest absolute Gasteiger partial charge is 0.163 e. The van der Waals surface area contributed by atoms with Crippen molar-refractivity contribution in [3.63, 3.8) is 0 Å². The van der Waals surface area contributed by atoms with Gasteiger partial charge in [0.25, 0.3) is 0 Å². The first-order valence-corrected chi connectivity index (χ1v) is 10.7. The second kappa shape index (κ2) is 9.47. The predicted octanol–water partition coefficient (Wildman–Crippen LogP) is 6.93. The molecule has 0 aliphatic heterocycles. The molecule has 3 aromatic carbocycles. The number of hydrogen-bond acceptors (Lipinski definition) is 2. The first-order valence-electron chi connectivity index (χ1n) is 10.7. The van der Waals surface area contributed by atoms with Crippen LogP contribution in [-0.4, -0.2) is 11.9 Å². The van der Waals surface area contributed by atoms with Crippen molar-refractivity contribution in [2.24, 2.45) is 16.1 Å². The molecule has 4 rings (SSSR count). The van der Waals surface area contributed by atoms with Crippen molar-refractivity contribution in [1.29, 1.82) is 0 Å². The van der Waals surface area contributed by atoms with Crippen LogP contribution in [0.3, 0.4) is 0 Å². The summed E-state index contributed by atoms with van der Waals surface area (Å²) in [5.41, 5.74) is 7.21. The zero-order valence-electron chi connectivity index (χ0n) is 17.1. The Bertz CT molecular complexity index is 954. The van der Waals surface area contributed by atoms with E-state index in [1.165, 1.54) is 47.1 Å². The van der Waals surface area contributed by atoms with Gasteiger partial charge in [-0.3, -0.25) is 0 Å². The molecule has 0 radical (unpaired) electrons. The number of rotatable bonds is 8. The standard InChI is InChI=1S/C27H28N2/c1-2-3-5-14-22(19-21-12-6-4-7-13-21)20-28-29-27-25-17-10-8-15-23(25)24-16-9-11-18-26(24)27/h4,6-13,15-18,20,22H,2-3,5,14,19H2,1H3/b28-20-. The third-order valence-electron chi connectivity index (χ3n) is 5.61. The summed E-state index contributed by atoms with van der Waals surface area (Å²) in [5.74, 6) is 0.417. The molecular formula is C27H28N2. The van der Waals surface area contributed by atoms with Gasteiger partial charge in [-0.15, -0.1) is 0 Å². The van der Waals surface area contributed by atoms with Gasteiger partial charge in [0.2, 0.25) is 0 Å². The highest BCUT2D eigenvalue weighted by Gasteiger charge is 2.23. The monoisotopic (exact) mass is 380 g/mol. The summed E-state index contributed by atoms with van der Waals surface area (Å²) in [7, 11) is 0. The summed E-state index contributed by atoms with van der Waals surface area (Å²) < 4.78 is 0. The van der Waals surface area contributed by atoms with E-state index >= 15 is 0 Å². The Kier molecular flexibility index (Phi) is 6.31. The SMILES string of the molecule is CCCCCC(/C=N\N=C1c2ccccc2-c2ccccc21)Cc1ccccc1. The number of fused-ring (bicyclic) bond motifs is 3. The zero-order valence-corrected chi connectivity index (χ0v) is 17.1. The molecule has 0 saturated heterocycles. The van der Waals surface area contributed by atoms with Gasteiger partial charge < -0.3 is 0 Å². The van der Waals surface area contributed by atoms with Crippen LogP contribution in [0, 0.1) is 5.92 Å².